The van der Waals surface area contributed by atoms with Crippen molar-refractivity contribution in [2.75, 3.05) is 0 Å². The van der Waals surface area contributed by atoms with Crippen LogP contribution in [-0.2, 0) is 9.59 Å². The van der Waals surface area contributed by atoms with E-state index in [-0.39, 0.29) is 0 Å². The summed E-state index contributed by atoms with van der Waals surface area (Å²) in [5.74, 6) is 0.867. The molecule has 0 saturated carbocycles. The van der Waals surface area contributed by atoms with Gasteiger partial charge in [-0.2, -0.15) is 0 Å². The minimum atomic E-state index is 0.433. The van der Waals surface area contributed by atoms with Crippen LogP contribution in [0.3, 0.4) is 0 Å². The lowest BCUT2D eigenvalue weighted by Crippen LogP contribution is -1.99. The maximum absolute atomic E-state index is 11.7. The van der Waals surface area contributed by atoms with Crippen molar-refractivity contribution in [2.45, 2.75) is 117 Å². The van der Waals surface area contributed by atoms with E-state index in [0.717, 1.165) is 64.2 Å². The maximum atomic E-state index is 11.7. The zero-order valence-electron chi connectivity index (χ0n) is 15.1. The topological polar surface area (TPSA) is 34.1 Å². The van der Waals surface area contributed by atoms with Gasteiger partial charge in [-0.25, -0.2) is 0 Å². The third-order valence-electron chi connectivity index (χ3n) is 4.28. The number of hydrogen-bond acceptors (Lipinski definition) is 2. The minimum absolute atomic E-state index is 0.433. The molecule has 0 bridgehead atoms. The summed E-state index contributed by atoms with van der Waals surface area (Å²) in [4.78, 5) is 23.3. The summed E-state index contributed by atoms with van der Waals surface area (Å²) in [6.45, 7) is 4.38. The van der Waals surface area contributed by atoms with Crippen molar-refractivity contribution < 1.29 is 9.59 Å². The van der Waals surface area contributed by atoms with Crippen molar-refractivity contribution >= 4 is 11.6 Å². The fourth-order valence-corrected chi connectivity index (χ4v) is 2.75. The Morgan fingerprint density at radius 3 is 1.00 bits per heavy atom. The van der Waals surface area contributed by atoms with E-state index in [1.54, 1.807) is 0 Å². The van der Waals surface area contributed by atoms with Crippen LogP contribution >= 0.6 is 0 Å². The first-order chi connectivity index (χ1) is 10.7. The van der Waals surface area contributed by atoms with Crippen LogP contribution < -0.4 is 0 Å². The number of hydrogen-bond donors (Lipinski definition) is 0. The Morgan fingerprint density at radius 2 is 0.727 bits per heavy atom. The van der Waals surface area contributed by atoms with E-state index < -0.39 is 0 Å². The molecular formula is C20H38O2. The normalized spacial score (nSPS) is 10.8. The van der Waals surface area contributed by atoms with Crippen molar-refractivity contribution in [1.82, 2.24) is 0 Å². The van der Waals surface area contributed by atoms with Gasteiger partial charge < -0.3 is 0 Å². The van der Waals surface area contributed by atoms with Crippen molar-refractivity contribution in [3.05, 3.63) is 0 Å². The summed E-state index contributed by atoms with van der Waals surface area (Å²) in [5, 5.41) is 0. The molecule has 0 spiro atoms. The van der Waals surface area contributed by atoms with Gasteiger partial charge in [0.1, 0.15) is 11.6 Å². The molecule has 0 aliphatic heterocycles. The van der Waals surface area contributed by atoms with Crippen molar-refractivity contribution in [3.8, 4) is 0 Å². The molecule has 0 radical (unpaired) electrons. The molecular weight excluding hydrogens is 272 g/mol. The molecule has 0 aromatic rings. The first kappa shape index (κ1) is 21.3. The summed E-state index contributed by atoms with van der Waals surface area (Å²) in [6, 6.07) is 0. The quantitative estimate of drug-likeness (QED) is 0.291. The van der Waals surface area contributed by atoms with E-state index in [1.165, 1.54) is 38.5 Å². The van der Waals surface area contributed by atoms with Crippen molar-refractivity contribution in [1.29, 1.82) is 0 Å². The Labute approximate surface area is 138 Å². The summed E-state index contributed by atoms with van der Waals surface area (Å²) in [6.07, 6.45) is 16.8. The molecule has 0 fully saturated rings. The van der Waals surface area contributed by atoms with E-state index in [4.69, 9.17) is 0 Å². The predicted octanol–water partition coefficient (Wildman–Crippen LogP) is 6.41. The van der Waals surface area contributed by atoms with Gasteiger partial charge in [0.2, 0.25) is 0 Å². The number of ketones is 2. The van der Waals surface area contributed by atoms with Gasteiger partial charge in [-0.1, -0.05) is 65.2 Å². The Hall–Kier alpha value is -0.660. The molecule has 0 aromatic heterocycles. The Bertz CT molecular complexity index is 243. The highest BCUT2D eigenvalue weighted by Gasteiger charge is 2.03. The monoisotopic (exact) mass is 310 g/mol. The lowest BCUT2D eigenvalue weighted by molar-refractivity contribution is -0.120. The fraction of sp³-hybridized carbons (Fsp3) is 0.900. The molecule has 0 rings (SSSR count). The van der Waals surface area contributed by atoms with Gasteiger partial charge in [0.15, 0.2) is 0 Å². The van der Waals surface area contributed by atoms with Gasteiger partial charge in [-0.15, -0.1) is 0 Å². The predicted molar refractivity (Wildman–Crippen MR) is 95.2 cm³/mol. The number of unbranched alkanes of at least 4 members (excludes halogenated alkanes) is 9. The molecule has 0 atom stereocenters. The van der Waals surface area contributed by atoms with E-state index in [9.17, 15) is 9.59 Å². The highest BCUT2D eigenvalue weighted by molar-refractivity contribution is 5.78. The smallest absolute Gasteiger partial charge is 0.132 e. The molecule has 0 saturated heterocycles. The second-order valence-electron chi connectivity index (χ2n) is 6.61. The Kier molecular flexibility index (Phi) is 16.2. The summed E-state index contributed by atoms with van der Waals surface area (Å²) >= 11 is 0. The van der Waals surface area contributed by atoms with Gasteiger partial charge in [0, 0.05) is 25.7 Å². The second-order valence-corrected chi connectivity index (χ2v) is 6.61. The average Bonchev–Trinajstić information content (AvgIpc) is 2.51. The third kappa shape index (κ3) is 15.7. The highest BCUT2D eigenvalue weighted by atomic mass is 16.1. The molecule has 0 amide bonds. The zero-order chi connectivity index (χ0) is 16.5. The first-order valence-corrected chi connectivity index (χ1v) is 9.74. The largest absolute Gasteiger partial charge is 0.300 e. The van der Waals surface area contributed by atoms with Gasteiger partial charge in [-0.05, 0) is 25.7 Å². The molecule has 0 N–H and O–H groups in total. The lowest BCUT2D eigenvalue weighted by Gasteiger charge is -2.03. The standard InChI is InChI=1S/C20H38O2/c1-3-5-7-11-15-19(21)17-13-9-10-14-18-20(22)16-12-8-6-4-2/h3-18H2,1-2H3. The third-order valence-corrected chi connectivity index (χ3v) is 4.28. The summed E-state index contributed by atoms with van der Waals surface area (Å²) in [5.41, 5.74) is 0. The summed E-state index contributed by atoms with van der Waals surface area (Å²) in [7, 11) is 0. The lowest BCUT2D eigenvalue weighted by atomic mass is 10.0. The van der Waals surface area contributed by atoms with Gasteiger partial charge in [0.25, 0.3) is 0 Å². The fourth-order valence-electron chi connectivity index (χ4n) is 2.75. The molecule has 0 heterocycles. The van der Waals surface area contributed by atoms with Gasteiger partial charge in [-0.3, -0.25) is 9.59 Å². The molecule has 2 nitrogen and oxygen atoms in total. The average molecular weight is 311 g/mol. The van der Waals surface area contributed by atoms with Crippen LogP contribution in [0.1, 0.15) is 117 Å². The van der Waals surface area contributed by atoms with Crippen LogP contribution in [0.5, 0.6) is 0 Å². The van der Waals surface area contributed by atoms with Crippen LogP contribution in [0.2, 0.25) is 0 Å². The minimum Gasteiger partial charge on any atom is -0.300 e. The highest BCUT2D eigenvalue weighted by Crippen LogP contribution is 2.11. The molecule has 0 aliphatic carbocycles. The SMILES string of the molecule is CCCCCCC(=O)CCCCCCC(=O)CCCCCC. The maximum Gasteiger partial charge on any atom is 0.132 e. The Morgan fingerprint density at radius 1 is 0.455 bits per heavy atom. The van der Waals surface area contributed by atoms with Crippen LogP contribution in [0.15, 0.2) is 0 Å². The molecule has 0 aliphatic rings. The molecule has 130 valence electrons. The first-order valence-electron chi connectivity index (χ1n) is 9.74. The second kappa shape index (κ2) is 16.7. The summed E-state index contributed by atoms with van der Waals surface area (Å²) < 4.78 is 0. The molecule has 22 heavy (non-hydrogen) atoms. The molecule has 0 aromatic carbocycles. The van der Waals surface area contributed by atoms with Crippen molar-refractivity contribution in [2.24, 2.45) is 0 Å². The number of carbonyl (C=O) groups is 2. The number of rotatable bonds is 17. The van der Waals surface area contributed by atoms with E-state index >= 15 is 0 Å². The molecule has 0 unspecified atom stereocenters. The van der Waals surface area contributed by atoms with Crippen molar-refractivity contribution in [3.63, 3.8) is 0 Å². The van der Waals surface area contributed by atoms with Crippen LogP contribution in [-0.4, -0.2) is 11.6 Å². The number of Topliss-reactive ketones (excluding diaryl/α,β-unsaturated/α-hetero) is 2. The van der Waals surface area contributed by atoms with Crippen LogP contribution in [0, 0.1) is 0 Å². The van der Waals surface area contributed by atoms with E-state index in [2.05, 4.69) is 13.8 Å². The van der Waals surface area contributed by atoms with Crippen LogP contribution in [0.4, 0.5) is 0 Å². The zero-order valence-corrected chi connectivity index (χ0v) is 15.1. The number of carbonyl (C=O) groups excluding carboxylic acids is 2. The van der Waals surface area contributed by atoms with E-state index in [0.29, 0.717) is 11.6 Å². The Balaban J connectivity index is 3.28. The molecule has 2 heteroatoms. The van der Waals surface area contributed by atoms with Gasteiger partial charge >= 0.3 is 0 Å². The van der Waals surface area contributed by atoms with Crippen LogP contribution in [0.25, 0.3) is 0 Å². The van der Waals surface area contributed by atoms with Gasteiger partial charge in [0.05, 0.1) is 0 Å². The van der Waals surface area contributed by atoms with E-state index in [1.807, 2.05) is 0 Å².